The molecule has 6 nitrogen and oxygen atoms in total. The summed E-state index contributed by atoms with van der Waals surface area (Å²) in [5.74, 6) is 0.252. The minimum atomic E-state index is -0.452. The number of nitro groups is 1. The van der Waals surface area contributed by atoms with Crippen molar-refractivity contribution in [2.75, 3.05) is 11.9 Å². The van der Waals surface area contributed by atoms with Gasteiger partial charge in [-0.05, 0) is 39.2 Å². The number of hydrogen-bond acceptors (Lipinski definition) is 5. The second-order valence-electron chi connectivity index (χ2n) is 5.52. The van der Waals surface area contributed by atoms with Gasteiger partial charge in [-0.15, -0.1) is 0 Å². The number of nitro benzene ring substituents is 1. The maximum absolute atomic E-state index is 11.0. The van der Waals surface area contributed by atoms with E-state index in [1.807, 2.05) is 13.8 Å². The lowest BCUT2D eigenvalue weighted by molar-refractivity contribution is -0.386. The molecule has 0 amide bonds. The molecule has 0 aromatic heterocycles. The van der Waals surface area contributed by atoms with Crippen molar-refractivity contribution in [2.45, 2.75) is 44.8 Å². The van der Waals surface area contributed by atoms with Gasteiger partial charge in [-0.3, -0.25) is 10.1 Å². The van der Waals surface area contributed by atoms with Crippen molar-refractivity contribution in [1.29, 1.82) is 0 Å². The second-order valence-corrected chi connectivity index (χ2v) is 5.52. The zero-order chi connectivity index (χ0) is 14.8. The summed E-state index contributed by atoms with van der Waals surface area (Å²) in [5.41, 5.74) is 0.404. The van der Waals surface area contributed by atoms with Gasteiger partial charge in [-0.2, -0.15) is 0 Å². The van der Waals surface area contributed by atoms with Crippen molar-refractivity contribution in [3.63, 3.8) is 0 Å². The van der Waals surface area contributed by atoms with Crippen molar-refractivity contribution < 1.29 is 14.8 Å². The Kier molecular flexibility index (Phi) is 4.13. The van der Waals surface area contributed by atoms with E-state index >= 15 is 0 Å². The number of benzene rings is 1. The molecular formula is C14H20N2O4. The molecule has 1 aromatic rings. The van der Waals surface area contributed by atoms with E-state index in [-0.39, 0.29) is 29.7 Å². The predicted molar refractivity (Wildman–Crippen MR) is 76.2 cm³/mol. The van der Waals surface area contributed by atoms with E-state index in [2.05, 4.69) is 5.32 Å². The first-order valence-corrected chi connectivity index (χ1v) is 6.80. The fourth-order valence-corrected chi connectivity index (χ4v) is 2.32. The molecule has 0 heterocycles. The monoisotopic (exact) mass is 280 g/mol. The quantitative estimate of drug-likeness (QED) is 0.618. The van der Waals surface area contributed by atoms with Gasteiger partial charge in [0.15, 0.2) is 5.75 Å². The summed E-state index contributed by atoms with van der Waals surface area (Å²) in [7, 11) is 0. The maximum Gasteiger partial charge on any atom is 0.311 e. The molecule has 0 aliphatic heterocycles. The fourth-order valence-electron chi connectivity index (χ4n) is 2.32. The standard InChI is InChI=1S/C14H20N2O4/c1-10(2)20-13-8-11(4-5-12(13)16(18)19)15-14(9-17)6-3-7-14/h4-5,8,10,15,17H,3,6-7,9H2,1-2H3. The first-order chi connectivity index (χ1) is 9.46. The highest BCUT2D eigenvalue weighted by Gasteiger charge is 2.36. The summed E-state index contributed by atoms with van der Waals surface area (Å²) in [6.07, 6.45) is 2.75. The lowest BCUT2D eigenvalue weighted by Crippen LogP contribution is -2.48. The zero-order valence-electron chi connectivity index (χ0n) is 11.8. The number of ether oxygens (including phenoxy) is 1. The maximum atomic E-state index is 11.0. The van der Waals surface area contributed by atoms with Crippen LogP contribution in [0.3, 0.4) is 0 Å². The molecule has 1 aliphatic rings. The van der Waals surface area contributed by atoms with Crippen LogP contribution in [0.4, 0.5) is 11.4 Å². The van der Waals surface area contributed by atoms with Crippen molar-refractivity contribution in [3.8, 4) is 5.75 Å². The van der Waals surface area contributed by atoms with Gasteiger partial charge in [0.25, 0.3) is 0 Å². The molecule has 6 heteroatoms. The van der Waals surface area contributed by atoms with E-state index in [0.717, 1.165) is 24.9 Å². The number of hydrogen-bond donors (Lipinski definition) is 2. The Morgan fingerprint density at radius 2 is 2.20 bits per heavy atom. The SMILES string of the molecule is CC(C)Oc1cc(NC2(CO)CCC2)ccc1[N+](=O)[O-]. The van der Waals surface area contributed by atoms with Crippen LogP contribution in [0.15, 0.2) is 18.2 Å². The van der Waals surface area contributed by atoms with Gasteiger partial charge in [0.05, 0.1) is 23.2 Å². The van der Waals surface area contributed by atoms with Gasteiger partial charge in [-0.25, -0.2) is 0 Å². The largest absolute Gasteiger partial charge is 0.484 e. The number of nitrogens with zero attached hydrogens (tertiary/aromatic N) is 1. The molecule has 1 aromatic carbocycles. The van der Waals surface area contributed by atoms with Gasteiger partial charge in [0.2, 0.25) is 0 Å². The molecule has 0 saturated heterocycles. The predicted octanol–water partition coefficient (Wildman–Crippen LogP) is 2.71. The highest BCUT2D eigenvalue weighted by atomic mass is 16.6. The van der Waals surface area contributed by atoms with E-state index in [0.29, 0.717) is 0 Å². The van der Waals surface area contributed by atoms with Crippen LogP contribution in [0.25, 0.3) is 0 Å². The summed E-state index contributed by atoms with van der Waals surface area (Å²) in [6, 6.07) is 4.72. The lowest BCUT2D eigenvalue weighted by Gasteiger charge is -2.41. The van der Waals surface area contributed by atoms with E-state index in [4.69, 9.17) is 4.74 Å². The fraction of sp³-hybridized carbons (Fsp3) is 0.571. The molecule has 0 bridgehead atoms. The van der Waals surface area contributed by atoms with Gasteiger partial charge in [0, 0.05) is 17.8 Å². The van der Waals surface area contributed by atoms with Gasteiger partial charge in [0.1, 0.15) is 0 Å². The summed E-state index contributed by atoms with van der Waals surface area (Å²) < 4.78 is 5.50. The van der Waals surface area contributed by atoms with Gasteiger partial charge in [-0.1, -0.05) is 0 Å². The molecule has 1 fully saturated rings. The summed E-state index contributed by atoms with van der Waals surface area (Å²) in [5, 5.41) is 23.7. The van der Waals surface area contributed by atoms with Crippen molar-refractivity contribution in [3.05, 3.63) is 28.3 Å². The average molecular weight is 280 g/mol. The van der Waals surface area contributed by atoms with Crippen molar-refractivity contribution in [1.82, 2.24) is 0 Å². The van der Waals surface area contributed by atoms with Crippen molar-refractivity contribution in [2.24, 2.45) is 0 Å². The number of nitrogens with one attached hydrogen (secondary N) is 1. The van der Waals surface area contributed by atoms with E-state index < -0.39 is 4.92 Å². The molecule has 110 valence electrons. The van der Waals surface area contributed by atoms with Crippen LogP contribution in [0.5, 0.6) is 5.75 Å². The molecule has 2 rings (SSSR count). The van der Waals surface area contributed by atoms with Crippen LogP contribution >= 0.6 is 0 Å². The van der Waals surface area contributed by atoms with Crippen LogP contribution in [-0.4, -0.2) is 28.3 Å². The number of rotatable bonds is 6. The summed E-state index contributed by atoms with van der Waals surface area (Å²) >= 11 is 0. The topological polar surface area (TPSA) is 84.6 Å². The minimum absolute atomic E-state index is 0.0455. The third-order valence-electron chi connectivity index (χ3n) is 3.54. The smallest absolute Gasteiger partial charge is 0.311 e. The van der Waals surface area contributed by atoms with E-state index in [1.165, 1.54) is 6.07 Å². The Labute approximate surface area is 117 Å². The lowest BCUT2D eigenvalue weighted by atomic mass is 9.77. The van der Waals surface area contributed by atoms with E-state index in [9.17, 15) is 15.2 Å². The molecular weight excluding hydrogens is 260 g/mol. The molecule has 0 unspecified atom stereocenters. The number of aliphatic hydroxyl groups is 1. The van der Waals surface area contributed by atoms with Gasteiger partial charge >= 0.3 is 5.69 Å². The molecule has 1 aliphatic carbocycles. The van der Waals surface area contributed by atoms with Crippen molar-refractivity contribution >= 4 is 11.4 Å². The molecule has 20 heavy (non-hydrogen) atoms. The number of anilines is 1. The molecule has 1 saturated carbocycles. The Bertz CT molecular complexity index is 492. The highest BCUT2D eigenvalue weighted by Crippen LogP contribution is 2.37. The Morgan fingerprint density at radius 3 is 2.65 bits per heavy atom. The molecule has 2 N–H and O–H groups in total. The Hall–Kier alpha value is -1.82. The first-order valence-electron chi connectivity index (χ1n) is 6.80. The van der Waals surface area contributed by atoms with Crippen LogP contribution in [0, 0.1) is 10.1 Å². The van der Waals surface area contributed by atoms with Crippen LogP contribution in [-0.2, 0) is 0 Å². The van der Waals surface area contributed by atoms with Gasteiger partial charge < -0.3 is 15.2 Å². The third-order valence-corrected chi connectivity index (χ3v) is 3.54. The molecule has 0 atom stereocenters. The molecule has 0 radical (unpaired) electrons. The average Bonchev–Trinajstić information content (AvgIpc) is 2.33. The Morgan fingerprint density at radius 1 is 1.50 bits per heavy atom. The summed E-state index contributed by atoms with van der Waals surface area (Å²) in [6.45, 7) is 3.71. The van der Waals surface area contributed by atoms with Crippen LogP contribution in [0.1, 0.15) is 33.1 Å². The normalized spacial score (nSPS) is 16.6. The van der Waals surface area contributed by atoms with E-state index in [1.54, 1.807) is 12.1 Å². The zero-order valence-corrected chi connectivity index (χ0v) is 11.8. The summed E-state index contributed by atoms with van der Waals surface area (Å²) in [4.78, 5) is 10.5. The minimum Gasteiger partial charge on any atom is -0.484 e. The second kappa shape index (κ2) is 5.66. The number of aliphatic hydroxyl groups excluding tert-OH is 1. The van der Waals surface area contributed by atoms with Crippen LogP contribution < -0.4 is 10.1 Å². The molecule has 0 spiro atoms. The first kappa shape index (κ1) is 14.6. The highest BCUT2D eigenvalue weighted by molar-refractivity contribution is 5.59. The third kappa shape index (κ3) is 3.01. The van der Waals surface area contributed by atoms with Crippen LogP contribution in [0.2, 0.25) is 0 Å². The Balaban J connectivity index is 2.24.